The summed E-state index contributed by atoms with van der Waals surface area (Å²) in [6.45, 7) is 6.94. The fraction of sp³-hybridized carbons (Fsp3) is 0.800. The number of fused-ring (bicyclic) bond motifs is 5. The van der Waals surface area contributed by atoms with E-state index in [0.29, 0.717) is 17.3 Å². The zero-order valence-corrected chi connectivity index (χ0v) is 18.6. The predicted octanol–water partition coefficient (Wildman–Crippen LogP) is 4.49. The smallest absolute Gasteiger partial charge is 0.0809 e. The van der Waals surface area contributed by atoms with E-state index in [0.717, 1.165) is 48.8 Å². The molecule has 8 atom stereocenters. The zero-order valence-electron chi connectivity index (χ0n) is 18.6. The SMILES string of the molecule is Cc1nn(C)cc1/C=C1\C[C@H]2[C@@H]3CC[C@@H]4C[C@H](O)CC[C@]4(C)[C@H]3CC[C@]2(C)[C@@H]1O. The molecule has 4 aliphatic carbocycles. The first-order valence-corrected chi connectivity index (χ1v) is 11.8. The van der Waals surface area contributed by atoms with Crippen LogP contribution in [0.15, 0.2) is 11.8 Å². The maximum atomic E-state index is 11.4. The molecule has 4 fully saturated rings. The molecule has 0 saturated heterocycles. The minimum Gasteiger partial charge on any atom is -0.393 e. The number of aliphatic hydroxyl groups is 2. The minimum atomic E-state index is -0.327. The van der Waals surface area contributed by atoms with E-state index in [-0.39, 0.29) is 17.6 Å². The molecule has 1 heterocycles. The summed E-state index contributed by atoms with van der Waals surface area (Å²) < 4.78 is 1.87. The van der Waals surface area contributed by atoms with Gasteiger partial charge in [-0.2, -0.15) is 5.10 Å². The highest BCUT2D eigenvalue weighted by Crippen LogP contribution is 2.67. The van der Waals surface area contributed by atoms with E-state index in [9.17, 15) is 10.2 Å². The molecule has 0 unspecified atom stereocenters. The summed E-state index contributed by atoms with van der Waals surface area (Å²) in [5, 5.41) is 26.1. The van der Waals surface area contributed by atoms with Gasteiger partial charge in [0.05, 0.1) is 17.9 Å². The van der Waals surface area contributed by atoms with Crippen LogP contribution in [0.4, 0.5) is 0 Å². The molecule has 160 valence electrons. The second kappa shape index (κ2) is 6.68. The normalized spacial score (nSPS) is 48.3. The van der Waals surface area contributed by atoms with Gasteiger partial charge in [-0.05, 0) is 99.0 Å². The summed E-state index contributed by atoms with van der Waals surface area (Å²) in [7, 11) is 1.96. The number of hydrogen-bond acceptors (Lipinski definition) is 3. The Labute approximate surface area is 175 Å². The van der Waals surface area contributed by atoms with E-state index < -0.39 is 0 Å². The van der Waals surface area contributed by atoms with Gasteiger partial charge in [0.2, 0.25) is 0 Å². The molecule has 0 aliphatic heterocycles. The third-order valence-corrected chi connectivity index (χ3v) is 9.90. The van der Waals surface area contributed by atoms with Crippen LogP contribution < -0.4 is 0 Å². The van der Waals surface area contributed by atoms with Crippen LogP contribution in [0.3, 0.4) is 0 Å². The van der Waals surface area contributed by atoms with Crippen LogP contribution in [0.5, 0.6) is 0 Å². The number of nitrogens with zero attached hydrogens (tertiary/aromatic N) is 2. The van der Waals surface area contributed by atoms with Gasteiger partial charge in [0, 0.05) is 24.2 Å². The van der Waals surface area contributed by atoms with Crippen LogP contribution in [-0.4, -0.2) is 32.2 Å². The summed E-state index contributed by atoms with van der Waals surface area (Å²) in [5.74, 6) is 2.76. The van der Waals surface area contributed by atoms with Crippen LogP contribution in [0.25, 0.3) is 6.08 Å². The van der Waals surface area contributed by atoms with Gasteiger partial charge in [-0.3, -0.25) is 4.68 Å². The second-order valence-corrected chi connectivity index (χ2v) is 11.3. The lowest BCUT2D eigenvalue weighted by atomic mass is 9.45. The van der Waals surface area contributed by atoms with Crippen molar-refractivity contribution < 1.29 is 10.2 Å². The first-order chi connectivity index (χ1) is 13.7. The fourth-order valence-electron chi connectivity index (χ4n) is 8.19. The van der Waals surface area contributed by atoms with Crippen LogP contribution in [0.1, 0.15) is 76.5 Å². The molecule has 0 amide bonds. The third-order valence-electron chi connectivity index (χ3n) is 9.90. The zero-order chi connectivity index (χ0) is 20.6. The van der Waals surface area contributed by atoms with E-state index in [1.165, 1.54) is 31.3 Å². The molecule has 4 nitrogen and oxygen atoms in total. The van der Waals surface area contributed by atoms with Gasteiger partial charge in [0.1, 0.15) is 0 Å². The molecule has 5 rings (SSSR count). The Morgan fingerprint density at radius 2 is 1.83 bits per heavy atom. The molecule has 0 radical (unpaired) electrons. The van der Waals surface area contributed by atoms with Crippen molar-refractivity contribution in [3.8, 4) is 0 Å². The monoisotopic (exact) mass is 398 g/mol. The van der Waals surface area contributed by atoms with Crippen LogP contribution in [-0.2, 0) is 7.05 Å². The number of aryl methyl sites for hydroxylation is 2. The van der Waals surface area contributed by atoms with Gasteiger partial charge in [0.25, 0.3) is 0 Å². The predicted molar refractivity (Wildman–Crippen MR) is 115 cm³/mol. The molecule has 0 bridgehead atoms. The van der Waals surface area contributed by atoms with Gasteiger partial charge in [-0.25, -0.2) is 0 Å². The first kappa shape index (κ1) is 19.8. The van der Waals surface area contributed by atoms with Gasteiger partial charge in [-0.15, -0.1) is 0 Å². The molecule has 4 heteroatoms. The molecule has 29 heavy (non-hydrogen) atoms. The Hall–Kier alpha value is -1.13. The number of rotatable bonds is 1. The minimum absolute atomic E-state index is 0.0144. The largest absolute Gasteiger partial charge is 0.393 e. The molecule has 0 spiro atoms. The van der Waals surface area contributed by atoms with E-state index in [2.05, 4.69) is 38.1 Å². The van der Waals surface area contributed by atoms with Crippen LogP contribution in [0.2, 0.25) is 0 Å². The lowest BCUT2D eigenvalue weighted by Crippen LogP contribution is -2.54. The summed E-state index contributed by atoms with van der Waals surface area (Å²) in [4.78, 5) is 0. The van der Waals surface area contributed by atoms with Gasteiger partial charge in [0.15, 0.2) is 0 Å². The molecular weight excluding hydrogens is 360 g/mol. The van der Waals surface area contributed by atoms with E-state index in [4.69, 9.17) is 0 Å². The highest BCUT2D eigenvalue weighted by atomic mass is 16.3. The summed E-state index contributed by atoms with van der Waals surface area (Å²) in [6, 6.07) is 0. The summed E-state index contributed by atoms with van der Waals surface area (Å²) in [5.41, 5.74) is 3.82. The Kier molecular flexibility index (Phi) is 4.57. The summed E-state index contributed by atoms with van der Waals surface area (Å²) in [6.07, 6.45) is 13.0. The van der Waals surface area contributed by atoms with Gasteiger partial charge >= 0.3 is 0 Å². The lowest BCUT2D eigenvalue weighted by molar-refractivity contribution is -0.133. The highest BCUT2D eigenvalue weighted by Gasteiger charge is 2.61. The van der Waals surface area contributed by atoms with Crippen molar-refractivity contribution in [2.24, 2.45) is 41.5 Å². The van der Waals surface area contributed by atoms with E-state index in [1.54, 1.807) is 0 Å². The average molecular weight is 399 g/mol. The maximum absolute atomic E-state index is 11.4. The van der Waals surface area contributed by atoms with Crippen molar-refractivity contribution in [1.82, 2.24) is 9.78 Å². The van der Waals surface area contributed by atoms with Crippen molar-refractivity contribution in [3.05, 3.63) is 23.0 Å². The van der Waals surface area contributed by atoms with E-state index >= 15 is 0 Å². The molecule has 4 saturated carbocycles. The molecule has 0 aromatic carbocycles. The van der Waals surface area contributed by atoms with Gasteiger partial charge in [-0.1, -0.05) is 13.8 Å². The van der Waals surface area contributed by atoms with Crippen LogP contribution >= 0.6 is 0 Å². The standard InChI is InChI=1S/C25H38N2O2/c1-15-17(14-27(4)26-15)11-16-12-22-20-6-5-18-13-19(28)7-9-24(18,2)21(20)8-10-25(22,3)23(16)29/h11,14,18-23,28-29H,5-10,12-13H2,1-4H3/b16-11+/t18-,19-,20-,21+,22+,23-,24+,25+/m1/s1. The van der Waals surface area contributed by atoms with Crippen molar-refractivity contribution in [2.45, 2.75) is 84.3 Å². The molecule has 1 aromatic rings. The van der Waals surface area contributed by atoms with Crippen molar-refractivity contribution in [1.29, 1.82) is 0 Å². The quantitative estimate of drug-likeness (QED) is 0.733. The molecule has 1 aromatic heterocycles. The Bertz CT molecular complexity index is 829. The number of hydrogen-bond donors (Lipinski definition) is 2. The number of aromatic nitrogens is 2. The second-order valence-electron chi connectivity index (χ2n) is 11.3. The Morgan fingerprint density at radius 1 is 1.07 bits per heavy atom. The molecule has 2 N–H and O–H groups in total. The maximum Gasteiger partial charge on any atom is 0.0809 e. The highest BCUT2D eigenvalue weighted by molar-refractivity contribution is 5.56. The van der Waals surface area contributed by atoms with Gasteiger partial charge < -0.3 is 10.2 Å². The molecular formula is C25H38N2O2. The van der Waals surface area contributed by atoms with E-state index in [1.807, 2.05) is 11.7 Å². The topological polar surface area (TPSA) is 58.3 Å². The van der Waals surface area contributed by atoms with Crippen LogP contribution in [0, 0.1) is 41.4 Å². The summed E-state index contributed by atoms with van der Waals surface area (Å²) >= 11 is 0. The third kappa shape index (κ3) is 2.89. The van der Waals surface area contributed by atoms with Crippen molar-refractivity contribution in [3.63, 3.8) is 0 Å². The fourth-order valence-corrected chi connectivity index (χ4v) is 8.19. The Balaban J connectivity index is 1.45. The first-order valence-electron chi connectivity index (χ1n) is 11.8. The van der Waals surface area contributed by atoms with Crippen molar-refractivity contribution in [2.75, 3.05) is 0 Å². The number of aliphatic hydroxyl groups excluding tert-OH is 2. The van der Waals surface area contributed by atoms with Crippen molar-refractivity contribution >= 4 is 6.08 Å². The Morgan fingerprint density at radius 3 is 2.55 bits per heavy atom. The molecule has 4 aliphatic rings. The average Bonchev–Trinajstić information content (AvgIpc) is 3.12. The lowest BCUT2D eigenvalue weighted by Gasteiger charge is -2.60.